The number of fused-ring (bicyclic) bond motifs is 1. The lowest BCUT2D eigenvalue weighted by Crippen LogP contribution is -2.25. The molecule has 0 aliphatic heterocycles. The molecule has 0 bridgehead atoms. The van der Waals surface area contributed by atoms with Crippen LogP contribution in [0, 0.1) is 5.92 Å². The summed E-state index contributed by atoms with van der Waals surface area (Å²) in [6.07, 6.45) is 9.04. The average molecular weight is 320 g/mol. The van der Waals surface area contributed by atoms with Crippen molar-refractivity contribution in [2.75, 3.05) is 5.32 Å². The van der Waals surface area contributed by atoms with Crippen LogP contribution in [0.5, 0.6) is 0 Å². The number of anilines is 1. The Balaban J connectivity index is 1.73. The zero-order valence-corrected chi connectivity index (χ0v) is 13.5. The molecule has 4 rings (SSSR count). The van der Waals surface area contributed by atoms with Crippen molar-refractivity contribution in [3.05, 3.63) is 48.8 Å². The largest absolute Gasteiger partial charge is 0.308 e. The standard InChI is InChI=1S/C19H20N4O/c24-19(15-10-5-2-6-11-15)21-17-16(14-8-3-1-4-9-14)18-20-12-7-13-23(18)22-17/h1,3-4,7-9,12-13,15H,2,5-6,10-11H2,(H,21,22,24). The van der Waals surface area contributed by atoms with Crippen molar-refractivity contribution >= 4 is 17.4 Å². The van der Waals surface area contributed by atoms with E-state index in [0.29, 0.717) is 5.82 Å². The Morgan fingerprint density at radius 3 is 2.67 bits per heavy atom. The van der Waals surface area contributed by atoms with Gasteiger partial charge in [-0.15, -0.1) is 5.10 Å². The molecule has 0 saturated heterocycles. The summed E-state index contributed by atoms with van der Waals surface area (Å²) in [5.41, 5.74) is 2.63. The number of amides is 1. The zero-order chi connectivity index (χ0) is 16.4. The summed E-state index contributed by atoms with van der Waals surface area (Å²) in [7, 11) is 0. The van der Waals surface area contributed by atoms with Crippen molar-refractivity contribution in [2.45, 2.75) is 32.1 Å². The predicted octanol–water partition coefficient (Wildman–Crippen LogP) is 3.92. The molecule has 0 radical (unpaired) electrons. The molecule has 2 aromatic heterocycles. The monoisotopic (exact) mass is 320 g/mol. The number of hydrogen-bond acceptors (Lipinski definition) is 3. The van der Waals surface area contributed by atoms with Gasteiger partial charge in [-0.3, -0.25) is 4.79 Å². The zero-order valence-electron chi connectivity index (χ0n) is 13.5. The summed E-state index contributed by atoms with van der Waals surface area (Å²) >= 11 is 0. The third-order valence-corrected chi connectivity index (χ3v) is 4.68. The van der Waals surface area contributed by atoms with E-state index < -0.39 is 0 Å². The molecule has 1 aliphatic carbocycles. The van der Waals surface area contributed by atoms with Gasteiger partial charge < -0.3 is 5.32 Å². The summed E-state index contributed by atoms with van der Waals surface area (Å²) in [4.78, 5) is 17.1. The van der Waals surface area contributed by atoms with Crippen molar-refractivity contribution in [3.8, 4) is 11.1 Å². The predicted molar refractivity (Wildman–Crippen MR) is 93.6 cm³/mol. The second kappa shape index (κ2) is 6.43. The first-order valence-electron chi connectivity index (χ1n) is 8.52. The third-order valence-electron chi connectivity index (χ3n) is 4.68. The van der Waals surface area contributed by atoms with Crippen LogP contribution >= 0.6 is 0 Å². The van der Waals surface area contributed by atoms with Crippen molar-refractivity contribution < 1.29 is 4.79 Å². The van der Waals surface area contributed by atoms with Crippen LogP contribution in [0.4, 0.5) is 5.82 Å². The van der Waals surface area contributed by atoms with Gasteiger partial charge in [0.1, 0.15) is 0 Å². The number of rotatable bonds is 3. The maximum absolute atomic E-state index is 12.6. The Morgan fingerprint density at radius 1 is 1.08 bits per heavy atom. The Bertz CT molecular complexity index is 850. The lowest BCUT2D eigenvalue weighted by molar-refractivity contribution is -0.120. The molecule has 5 heteroatoms. The van der Waals surface area contributed by atoms with Crippen molar-refractivity contribution in [1.82, 2.24) is 14.6 Å². The van der Waals surface area contributed by atoms with E-state index in [2.05, 4.69) is 15.4 Å². The maximum Gasteiger partial charge on any atom is 0.228 e. The Hall–Kier alpha value is -2.69. The van der Waals surface area contributed by atoms with Crippen LogP contribution in [0.1, 0.15) is 32.1 Å². The summed E-state index contributed by atoms with van der Waals surface area (Å²) in [5, 5.41) is 7.60. The highest BCUT2D eigenvalue weighted by Gasteiger charge is 2.24. The molecule has 5 nitrogen and oxygen atoms in total. The molecule has 1 amide bonds. The number of benzene rings is 1. The van der Waals surface area contributed by atoms with Crippen molar-refractivity contribution in [3.63, 3.8) is 0 Å². The van der Waals surface area contributed by atoms with E-state index in [4.69, 9.17) is 0 Å². The molecule has 1 fully saturated rings. The molecule has 2 heterocycles. The molecule has 122 valence electrons. The second-order valence-corrected chi connectivity index (χ2v) is 6.30. The summed E-state index contributed by atoms with van der Waals surface area (Å²) < 4.78 is 1.72. The Labute approximate surface area is 140 Å². The smallest absolute Gasteiger partial charge is 0.228 e. The first-order chi connectivity index (χ1) is 11.8. The van der Waals surface area contributed by atoms with Gasteiger partial charge in [-0.05, 0) is 24.5 Å². The Morgan fingerprint density at radius 2 is 1.88 bits per heavy atom. The molecule has 3 aromatic rings. The van der Waals surface area contributed by atoms with Crippen LogP contribution in [0.25, 0.3) is 16.8 Å². The molecule has 0 atom stereocenters. The summed E-state index contributed by atoms with van der Waals surface area (Å²) in [6.45, 7) is 0. The van der Waals surface area contributed by atoms with E-state index in [-0.39, 0.29) is 11.8 Å². The highest BCUT2D eigenvalue weighted by Crippen LogP contribution is 2.32. The minimum atomic E-state index is 0.0790. The second-order valence-electron chi connectivity index (χ2n) is 6.30. The summed E-state index contributed by atoms with van der Waals surface area (Å²) in [5.74, 6) is 0.769. The van der Waals surface area contributed by atoms with E-state index in [1.807, 2.05) is 42.6 Å². The molecule has 0 unspecified atom stereocenters. The molecule has 0 spiro atoms. The summed E-state index contributed by atoms with van der Waals surface area (Å²) in [6, 6.07) is 11.8. The normalized spacial score (nSPS) is 15.5. The van der Waals surface area contributed by atoms with Gasteiger partial charge in [0.05, 0.1) is 5.56 Å². The average Bonchev–Trinajstić information content (AvgIpc) is 3.01. The van der Waals surface area contributed by atoms with Gasteiger partial charge in [-0.2, -0.15) is 0 Å². The van der Waals surface area contributed by atoms with Crippen LogP contribution in [0.2, 0.25) is 0 Å². The molecule has 1 aromatic carbocycles. The minimum absolute atomic E-state index is 0.0790. The van der Waals surface area contributed by atoms with Crippen LogP contribution in [-0.4, -0.2) is 20.5 Å². The van der Waals surface area contributed by atoms with Gasteiger partial charge in [0.25, 0.3) is 0 Å². The van der Waals surface area contributed by atoms with E-state index in [1.165, 1.54) is 6.42 Å². The van der Waals surface area contributed by atoms with E-state index in [9.17, 15) is 4.79 Å². The minimum Gasteiger partial charge on any atom is -0.308 e. The fraction of sp³-hybridized carbons (Fsp3) is 0.316. The molecule has 1 saturated carbocycles. The van der Waals surface area contributed by atoms with E-state index >= 15 is 0 Å². The van der Waals surface area contributed by atoms with Crippen LogP contribution in [0.3, 0.4) is 0 Å². The Kier molecular flexibility index (Phi) is 3.99. The van der Waals surface area contributed by atoms with Gasteiger partial charge in [0.2, 0.25) is 5.91 Å². The van der Waals surface area contributed by atoms with E-state index in [1.54, 1.807) is 10.7 Å². The number of carbonyl (C=O) groups excluding carboxylic acids is 1. The van der Waals surface area contributed by atoms with Gasteiger partial charge in [0.15, 0.2) is 11.5 Å². The van der Waals surface area contributed by atoms with Crippen LogP contribution < -0.4 is 5.32 Å². The molecular formula is C19H20N4O. The van der Waals surface area contributed by atoms with Crippen LogP contribution in [-0.2, 0) is 4.79 Å². The fourth-order valence-corrected chi connectivity index (χ4v) is 3.43. The van der Waals surface area contributed by atoms with Gasteiger partial charge in [0, 0.05) is 18.3 Å². The third kappa shape index (κ3) is 2.77. The number of nitrogens with one attached hydrogen (secondary N) is 1. The first-order valence-corrected chi connectivity index (χ1v) is 8.52. The molecule has 24 heavy (non-hydrogen) atoms. The van der Waals surface area contributed by atoms with Gasteiger partial charge in [-0.25, -0.2) is 9.50 Å². The molecule has 1 aliphatic rings. The topological polar surface area (TPSA) is 59.3 Å². The van der Waals surface area contributed by atoms with E-state index in [0.717, 1.165) is 42.5 Å². The fourth-order valence-electron chi connectivity index (χ4n) is 3.43. The lowest BCUT2D eigenvalue weighted by atomic mass is 9.88. The van der Waals surface area contributed by atoms with Gasteiger partial charge in [-0.1, -0.05) is 49.6 Å². The highest BCUT2D eigenvalue weighted by atomic mass is 16.2. The molecular weight excluding hydrogens is 300 g/mol. The SMILES string of the molecule is O=C(Nc1nn2cccnc2c1-c1ccccc1)C1CCCCC1. The number of carbonyl (C=O) groups is 1. The lowest BCUT2D eigenvalue weighted by Gasteiger charge is -2.20. The highest BCUT2D eigenvalue weighted by molar-refractivity contribution is 5.98. The van der Waals surface area contributed by atoms with Crippen LogP contribution in [0.15, 0.2) is 48.8 Å². The van der Waals surface area contributed by atoms with Crippen molar-refractivity contribution in [1.29, 1.82) is 0 Å². The number of hydrogen-bond donors (Lipinski definition) is 1. The number of aromatic nitrogens is 3. The maximum atomic E-state index is 12.6. The quantitative estimate of drug-likeness (QED) is 0.796. The van der Waals surface area contributed by atoms with Crippen molar-refractivity contribution in [2.24, 2.45) is 5.92 Å². The first kappa shape index (κ1) is 14.9. The molecule has 1 N–H and O–H groups in total. The number of nitrogens with zero attached hydrogens (tertiary/aromatic N) is 3. The van der Waals surface area contributed by atoms with Gasteiger partial charge >= 0.3 is 0 Å².